The summed E-state index contributed by atoms with van der Waals surface area (Å²) in [6, 6.07) is 34.6. The Morgan fingerprint density at radius 3 is 2.04 bits per heavy atom. The number of fused-ring (bicyclic) bond motifs is 4. The third-order valence-corrected chi connectivity index (χ3v) is 10.6. The lowest BCUT2D eigenvalue weighted by molar-refractivity contribution is -0.122. The number of aryl methyl sites for hydroxylation is 1. The van der Waals surface area contributed by atoms with Gasteiger partial charge in [-0.15, -0.1) is 0 Å². The molecule has 0 N–H and O–H groups in total. The highest BCUT2D eigenvalue weighted by Crippen LogP contribution is 2.37. The Labute approximate surface area is 316 Å². The summed E-state index contributed by atoms with van der Waals surface area (Å²) in [6.45, 7) is 9.23. The highest BCUT2D eigenvalue weighted by molar-refractivity contribution is 6.05. The molecule has 4 heterocycles. The summed E-state index contributed by atoms with van der Waals surface area (Å²) in [4.78, 5) is 44.6. The molecule has 54 heavy (non-hydrogen) atoms. The SMILES string of the molecule is CCCN1CCc2cc(N(C(=O)CCC(C)C(=O)N(c3cnc4ccccc4c3)c3ccc4c(ccn4CCC)c3)c3cnc4ccccc4c3)ccc21. The van der Waals surface area contributed by atoms with Crippen molar-refractivity contribution in [3.05, 3.63) is 127 Å². The Morgan fingerprint density at radius 2 is 1.33 bits per heavy atom. The molecular formula is C46H46N6O2. The van der Waals surface area contributed by atoms with Crippen LogP contribution in [0.2, 0.25) is 0 Å². The first-order chi connectivity index (χ1) is 26.4. The van der Waals surface area contributed by atoms with E-state index >= 15 is 0 Å². The maximum Gasteiger partial charge on any atom is 0.234 e. The number of aromatic nitrogens is 3. The van der Waals surface area contributed by atoms with E-state index in [0.717, 1.165) is 83.0 Å². The summed E-state index contributed by atoms with van der Waals surface area (Å²) in [5, 5.41) is 2.99. The van der Waals surface area contributed by atoms with Crippen molar-refractivity contribution >= 4 is 73.0 Å². The molecule has 0 spiro atoms. The van der Waals surface area contributed by atoms with Crippen molar-refractivity contribution in [3.63, 3.8) is 0 Å². The first-order valence-corrected chi connectivity index (χ1v) is 19.2. The topological polar surface area (TPSA) is 74.6 Å². The largest absolute Gasteiger partial charge is 0.371 e. The minimum absolute atomic E-state index is 0.0762. The van der Waals surface area contributed by atoms with Gasteiger partial charge >= 0.3 is 0 Å². The zero-order chi connectivity index (χ0) is 37.2. The monoisotopic (exact) mass is 714 g/mol. The third kappa shape index (κ3) is 6.80. The van der Waals surface area contributed by atoms with E-state index in [9.17, 15) is 9.59 Å². The van der Waals surface area contributed by atoms with Gasteiger partial charge in [0, 0.05) is 76.9 Å². The Morgan fingerprint density at radius 1 is 0.704 bits per heavy atom. The van der Waals surface area contributed by atoms with E-state index in [0.29, 0.717) is 17.8 Å². The maximum absolute atomic E-state index is 14.7. The van der Waals surface area contributed by atoms with Crippen molar-refractivity contribution < 1.29 is 9.59 Å². The van der Waals surface area contributed by atoms with E-state index in [2.05, 4.69) is 59.8 Å². The first-order valence-electron chi connectivity index (χ1n) is 19.2. The minimum atomic E-state index is -0.458. The van der Waals surface area contributed by atoms with Crippen molar-refractivity contribution in [3.8, 4) is 0 Å². The molecule has 272 valence electrons. The number of hydrogen-bond acceptors (Lipinski definition) is 5. The molecule has 1 aliphatic heterocycles. The number of pyridine rings is 2. The second kappa shape index (κ2) is 15.1. The molecule has 4 aromatic carbocycles. The van der Waals surface area contributed by atoms with Gasteiger partial charge in [0.1, 0.15) is 0 Å². The molecular weight excluding hydrogens is 669 g/mol. The average molecular weight is 715 g/mol. The van der Waals surface area contributed by atoms with E-state index in [1.54, 1.807) is 22.2 Å². The Hall–Kier alpha value is -6.02. The van der Waals surface area contributed by atoms with Gasteiger partial charge in [0.25, 0.3) is 0 Å². The number of carbonyl (C=O) groups is 2. The lowest BCUT2D eigenvalue weighted by Crippen LogP contribution is -2.33. The van der Waals surface area contributed by atoms with E-state index in [4.69, 9.17) is 9.97 Å². The molecule has 8 heteroatoms. The molecule has 8 rings (SSSR count). The van der Waals surface area contributed by atoms with Gasteiger partial charge in [-0.05, 0) is 98.0 Å². The number of benzene rings is 4. The van der Waals surface area contributed by atoms with Crippen LogP contribution in [-0.2, 0) is 22.6 Å². The van der Waals surface area contributed by atoms with Crippen LogP contribution < -0.4 is 14.7 Å². The number of amides is 2. The molecule has 0 fully saturated rings. The zero-order valence-corrected chi connectivity index (χ0v) is 31.3. The van der Waals surface area contributed by atoms with E-state index in [-0.39, 0.29) is 18.2 Å². The fraction of sp³-hybridized carbons (Fsp3) is 0.261. The highest BCUT2D eigenvalue weighted by atomic mass is 16.2. The number of hydrogen-bond donors (Lipinski definition) is 0. The molecule has 0 saturated carbocycles. The van der Waals surface area contributed by atoms with Crippen molar-refractivity contribution in [2.45, 2.75) is 59.4 Å². The number of rotatable bonds is 12. The number of anilines is 5. The van der Waals surface area contributed by atoms with Crippen LogP contribution in [0.15, 0.2) is 122 Å². The van der Waals surface area contributed by atoms with Crippen molar-refractivity contribution in [1.82, 2.24) is 14.5 Å². The number of nitrogens with zero attached hydrogens (tertiary/aromatic N) is 6. The van der Waals surface area contributed by atoms with Crippen LogP contribution >= 0.6 is 0 Å². The molecule has 0 radical (unpaired) electrons. The quantitative estimate of drug-likeness (QED) is 0.126. The smallest absolute Gasteiger partial charge is 0.234 e. The molecule has 1 atom stereocenters. The predicted molar refractivity (Wildman–Crippen MR) is 221 cm³/mol. The molecule has 7 aromatic rings. The van der Waals surface area contributed by atoms with Gasteiger partial charge in [-0.2, -0.15) is 0 Å². The molecule has 2 amide bonds. The third-order valence-electron chi connectivity index (χ3n) is 10.6. The summed E-state index contributed by atoms with van der Waals surface area (Å²) in [5.41, 5.74) is 8.38. The number of para-hydroxylation sites is 2. The van der Waals surface area contributed by atoms with Crippen LogP contribution in [0.5, 0.6) is 0 Å². The van der Waals surface area contributed by atoms with Crippen LogP contribution in [-0.4, -0.2) is 39.4 Å². The minimum Gasteiger partial charge on any atom is -0.371 e. The maximum atomic E-state index is 14.7. The van der Waals surface area contributed by atoms with Crippen LogP contribution in [0.3, 0.4) is 0 Å². The molecule has 1 aliphatic rings. The second-order valence-corrected chi connectivity index (χ2v) is 14.4. The van der Waals surface area contributed by atoms with Crippen LogP contribution in [0.4, 0.5) is 28.4 Å². The molecule has 0 aliphatic carbocycles. The van der Waals surface area contributed by atoms with Gasteiger partial charge < -0.3 is 9.47 Å². The molecule has 0 saturated heterocycles. The number of carbonyl (C=O) groups excluding carboxylic acids is 2. The summed E-state index contributed by atoms with van der Waals surface area (Å²) in [6.07, 6.45) is 9.28. The van der Waals surface area contributed by atoms with E-state index in [1.807, 2.05) is 79.7 Å². The van der Waals surface area contributed by atoms with Gasteiger partial charge in [0.2, 0.25) is 11.8 Å². The lowest BCUT2D eigenvalue weighted by atomic mass is 10.0. The Kier molecular flexibility index (Phi) is 9.83. The molecule has 1 unspecified atom stereocenters. The summed E-state index contributed by atoms with van der Waals surface area (Å²) < 4.78 is 2.25. The van der Waals surface area contributed by atoms with Crippen molar-refractivity contribution in [2.24, 2.45) is 5.92 Å². The molecule has 0 bridgehead atoms. The standard InChI is InChI=1S/C46H46N6O2/c1-4-22-49-24-20-35-28-37(15-17-43(35)49)51(39-26-33-10-6-8-12-41(33)47-30-39)45(53)19-14-32(3)46(54)52(40-27-34-11-7-9-13-42(34)48-31-40)38-16-18-44-36(29-38)21-25-50(44)23-5-2/h6-13,15-18,21,25-32H,4-5,14,19-20,22-24H2,1-3H3. The second-order valence-electron chi connectivity index (χ2n) is 14.4. The van der Waals surface area contributed by atoms with Crippen LogP contribution in [0.1, 0.15) is 52.0 Å². The average Bonchev–Trinajstić information content (AvgIpc) is 3.80. The summed E-state index contributed by atoms with van der Waals surface area (Å²) in [5.74, 6) is -0.618. The van der Waals surface area contributed by atoms with Crippen molar-refractivity contribution in [1.29, 1.82) is 0 Å². The normalized spacial score (nSPS) is 13.1. The van der Waals surface area contributed by atoms with Gasteiger partial charge in [0.05, 0.1) is 34.8 Å². The van der Waals surface area contributed by atoms with Gasteiger partial charge in [-0.3, -0.25) is 29.4 Å². The van der Waals surface area contributed by atoms with Gasteiger partial charge in [0.15, 0.2) is 0 Å². The fourth-order valence-corrected chi connectivity index (χ4v) is 7.86. The lowest BCUT2D eigenvalue weighted by Gasteiger charge is -2.28. The highest BCUT2D eigenvalue weighted by Gasteiger charge is 2.28. The fourth-order valence-electron chi connectivity index (χ4n) is 7.86. The van der Waals surface area contributed by atoms with Crippen LogP contribution in [0.25, 0.3) is 32.7 Å². The van der Waals surface area contributed by atoms with Gasteiger partial charge in [-0.1, -0.05) is 57.2 Å². The van der Waals surface area contributed by atoms with E-state index in [1.165, 1.54) is 11.3 Å². The van der Waals surface area contributed by atoms with Crippen molar-refractivity contribution in [2.75, 3.05) is 27.8 Å². The van der Waals surface area contributed by atoms with Gasteiger partial charge in [-0.25, -0.2) is 0 Å². The summed E-state index contributed by atoms with van der Waals surface area (Å²) in [7, 11) is 0. The summed E-state index contributed by atoms with van der Waals surface area (Å²) >= 11 is 0. The first kappa shape index (κ1) is 35.0. The predicted octanol–water partition coefficient (Wildman–Crippen LogP) is 10.4. The molecule has 8 nitrogen and oxygen atoms in total. The zero-order valence-electron chi connectivity index (χ0n) is 31.3. The molecule has 3 aromatic heterocycles. The van der Waals surface area contributed by atoms with Crippen LogP contribution in [0, 0.1) is 5.92 Å². The Bertz CT molecular complexity index is 2490. The van der Waals surface area contributed by atoms with E-state index < -0.39 is 5.92 Å². The Balaban J connectivity index is 1.10.